The number of aliphatic carboxylic acids is 1. The summed E-state index contributed by atoms with van der Waals surface area (Å²) in [5, 5.41) is 13.3. The molecule has 0 spiro atoms. The fourth-order valence-corrected chi connectivity index (χ4v) is 2.90. The lowest BCUT2D eigenvalue weighted by molar-refractivity contribution is -0.145. The summed E-state index contributed by atoms with van der Waals surface area (Å²) < 4.78 is 6.51. The number of carbonyl (C=O) groups is 3. The Morgan fingerprint density at radius 3 is 2.59 bits per heavy atom. The Balaban J connectivity index is 1.99. The molecule has 0 radical (unpaired) electrons. The van der Waals surface area contributed by atoms with Crippen molar-refractivity contribution in [3.05, 3.63) is 54.6 Å². The number of esters is 1. The Labute approximate surface area is 169 Å². The monoisotopic (exact) mass is 402 g/mol. The summed E-state index contributed by atoms with van der Waals surface area (Å²) in [6.07, 6.45) is 4.76. The second kappa shape index (κ2) is 11.0. The van der Waals surface area contributed by atoms with Crippen molar-refractivity contribution in [1.29, 1.82) is 0 Å². The molecule has 0 aliphatic carbocycles. The molecule has 29 heavy (non-hydrogen) atoms. The van der Waals surface area contributed by atoms with Crippen LogP contribution in [-0.4, -0.2) is 58.4 Å². The van der Waals surface area contributed by atoms with Gasteiger partial charge in [-0.05, 0) is 32.4 Å². The predicted octanol–water partition coefficient (Wildman–Crippen LogP) is 1.15. The van der Waals surface area contributed by atoms with E-state index in [-0.39, 0.29) is 5.97 Å². The number of carbonyl (C=O) groups excluding carboxylic acids is 2. The van der Waals surface area contributed by atoms with E-state index in [1.807, 2.05) is 30.3 Å². The molecular weight excluding hydrogens is 376 g/mol. The molecule has 1 aromatic carbocycles. The normalized spacial score (nSPS) is 12.8. The average molecular weight is 402 g/mol. The maximum Gasteiger partial charge on any atom is 0.325 e. The number of imidazole rings is 1. The summed E-state index contributed by atoms with van der Waals surface area (Å²) >= 11 is 0. The van der Waals surface area contributed by atoms with Crippen LogP contribution in [0, 0.1) is 0 Å². The van der Waals surface area contributed by atoms with Crippen LogP contribution in [0.5, 0.6) is 0 Å². The summed E-state index contributed by atoms with van der Waals surface area (Å²) in [4.78, 5) is 40.0. The van der Waals surface area contributed by atoms with Crippen molar-refractivity contribution in [1.82, 2.24) is 15.0 Å². The van der Waals surface area contributed by atoms with Crippen molar-refractivity contribution in [2.45, 2.75) is 32.2 Å². The third kappa shape index (κ3) is 6.42. The first-order valence-electron chi connectivity index (χ1n) is 9.40. The fourth-order valence-electron chi connectivity index (χ4n) is 2.90. The number of benzene rings is 1. The molecule has 9 nitrogen and oxygen atoms in total. The van der Waals surface area contributed by atoms with Crippen LogP contribution in [-0.2, 0) is 19.1 Å². The second-order valence-electron chi connectivity index (χ2n) is 6.41. The van der Waals surface area contributed by atoms with Gasteiger partial charge < -0.3 is 15.2 Å². The van der Waals surface area contributed by atoms with Gasteiger partial charge in [-0.3, -0.25) is 14.4 Å². The summed E-state index contributed by atoms with van der Waals surface area (Å²) in [6.45, 7) is 3.58. The molecule has 0 aliphatic heterocycles. The van der Waals surface area contributed by atoms with E-state index in [4.69, 9.17) is 9.84 Å². The van der Waals surface area contributed by atoms with Gasteiger partial charge in [0.1, 0.15) is 12.9 Å². The van der Waals surface area contributed by atoms with Crippen LogP contribution in [0.2, 0.25) is 0 Å². The largest absolute Gasteiger partial charge is 0.480 e. The van der Waals surface area contributed by atoms with E-state index in [1.54, 1.807) is 13.8 Å². The molecule has 1 amide bonds. The highest BCUT2D eigenvalue weighted by Gasteiger charge is 2.25. The van der Waals surface area contributed by atoms with Gasteiger partial charge in [-0.2, -0.15) is 0 Å². The maximum absolute atomic E-state index is 12.7. The molecule has 0 bridgehead atoms. The smallest absolute Gasteiger partial charge is 0.325 e. The van der Waals surface area contributed by atoms with Gasteiger partial charge in [0, 0.05) is 12.4 Å². The zero-order valence-electron chi connectivity index (χ0n) is 16.5. The van der Waals surface area contributed by atoms with Gasteiger partial charge in [0.25, 0.3) is 5.91 Å². The van der Waals surface area contributed by atoms with Gasteiger partial charge in [0.2, 0.25) is 0 Å². The maximum atomic E-state index is 12.7. The topological polar surface area (TPSA) is 114 Å². The standard InChI is InChI=1S/C20H26N4O5/c1-3-29-20(28)17(16-7-5-4-6-8-16)9-10-22-15(2)19(27)24(13-18(25)26)23-12-11-21-14-23/h4-8,11-12,14-15,17,22H,3,9-10,13H2,1-2H3,(H,25,26)/t15-,17-/m0/s1. The molecule has 0 aliphatic rings. The third-order valence-corrected chi connectivity index (χ3v) is 4.34. The lowest BCUT2D eigenvalue weighted by Gasteiger charge is -2.25. The van der Waals surface area contributed by atoms with Crippen molar-refractivity contribution in [3.8, 4) is 0 Å². The first-order chi connectivity index (χ1) is 13.9. The SMILES string of the molecule is CCOC(=O)[C@@H](CCN[C@@H](C)C(=O)N(CC(=O)O)n1ccnc1)c1ccccc1. The quantitative estimate of drug-likeness (QED) is 0.542. The van der Waals surface area contributed by atoms with Crippen LogP contribution >= 0.6 is 0 Å². The molecular formula is C20H26N4O5. The molecule has 1 aromatic heterocycles. The Bertz CT molecular complexity index is 794. The van der Waals surface area contributed by atoms with Crippen LogP contribution in [0.3, 0.4) is 0 Å². The third-order valence-electron chi connectivity index (χ3n) is 4.34. The minimum absolute atomic E-state index is 0.291. The average Bonchev–Trinajstić information content (AvgIpc) is 3.24. The molecule has 0 saturated heterocycles. The van der Waals surface area contributed by atoms with Gasteiger partial charge >= 0.3 is 11.9 Å². The van der Waals surface area contributed by atoms with E-state index in [0.29, 0.717) is 19.6 Å². The van der Waals surface area contributed by atoms with Crippen LogP contribution in [0.25, 0.3) is 0 Å². The van der Waals surface area contributed by atoms with Crippen molar-refractivity contribution < 1.29 is 24.2 Å². The zero-order chi connectivity index (χ0) is 21.2. The minimum atomic E-state index is -1.13. The number of aromatic nitrogens is 2. The van der Waals surface area contributed by atoms with E-state index in [0.717, 1.165) is 10.6 Å². The first-order valence-corrected chi connectivity index (χ1v) is 9.40. The van der Waals surface area contributed by atoms with Gasteiger partial charge in [0.05, 0.1) is 18.6 Å². The molecule has 0 saturated carbocycles. The van der Waals surface area contributed by atoms with E-state index in [2.05, 4.69) is 10.3 Å². The molecule has 1 heterocycles. The number of amides is 1. The van der Waals surface area contributed by atoms with E-state index in [1.165, 1.54) is 23.4 Å². The van der Waals surface area contributed by atoms with E-state index in [9.17, 15) is 14.4 Å². The number of hydrogen-bond acceptors (Lipinski definition) is 6. The second-order valence-corrected chi connectivity index (χ2v) is 6.41. The first kappa shape index (κ1) is 22.1. The summed E-state index contributed by atoms with van der Waals surface area (Å²) in [5.41, 5.74) is 0.845. The van der Waals surface area contributed by atoms with Crippen molar-refractivity contribution in [2.24, 2.45) is 0 Å². The fraction of sp³-hybridized carbons (Fsp3) is 0.400. The molecule has 2 atom stereocenters. The molecule has 2 aromatic rings. The molecule has 156 valence electrons. The van der Waals surface area contributed by atoms with Crippen molar-refractivity contribution in [2.75, 3.05) is 24.7 Å². The molecule has 2 N–H and O–H groups in total. The number of carboxylic acid groups (broad SMARTS) is 1. The summed E-state index contributed by atoms with van der Waals surface area (Å²) in [6, 6.07) is 8.66. The highest BCUT2D eigenvalue weighted by molar-refractivity contribution is 5.94. The number of nitrogens with one attached hydrogen (secondary N) is 1. The lowest BCUT2D eigenvalue weighted by Crippen LogP contribution is -2.52. The number of rotatable bonds is 11. The Morgan fingerprint density at radius 1 is 1.28 bits per heavy atom. The molecule has 2 rings (SSSR count). The minimum Gasteiger partial charge on any atom is -0.480 e. The lowest BCUT2D eigenvalue weighted by atomic mass is 9.95. The molecule has 9 heteroatoms. The Morgan fingerprint density at radius 2 is 2.00 bits per heavy atom. The molecule has 0 fully saturated rings. The van der Waals surface area contributed by atoms with Gasteiger partial charge in [-0.1, -0.05) is 30.3 Å². The number of nitrogens with zero attached hydrogens (tertiary/aromatic N) is 3. The number of ether oxygens (including phenoxy) is 1. The number of hydrogen-bond donors (Lipinski definition) is 2. The van der Waals surface area contributed by atoms with Crippen LogP contribution < -0.4 is 10.3 Å². The van der Waals surface area contributed by atoms with Crippen molar-refractivity contribution in [3.63, 3.8) is 0 Å². The number of carboxylic acids is 1. The zero-order valence-corrected chi connectivity index (χ0v) is 16.5. The van der Waals surface area contributed by atoms with E-state index < -0.39 is 30.4 Å². The van der Waals surface area contributed by atoms with Gasteiger partial charge in [-0.15, -0.1) is 0 Å². The summed E-state index contributed by atoms with van der Waals surface area (Å²) in [5.74, 6) is -2.32. The van der Waals surface area contributed by atoms with Crippen LogP contribution in [0.1, 0.15) is 31.7 Å². The predicted molar refractivity (Wildman–Crippen MR) is 106 cm³/mol. The van der Waals surface area contributed by atoms with Crippen LogP contribution in [0.4, 0.5) is 0 Å². The molecule has 0 unspecified atom stereocenters. The van der Waals surface area contributed by atoms with Crippen LogP contribution in [0.15, 0.2) is 49.1 Å². The van der Waals surface area contributed by atoms with Gasteiger partial charge in [0.15, 0.2) is 0 Å². The van der Waals surface area contributed by atoms with Gasteiger partial charge in [-0.25, -0.2) is 14.7 Å². The Kier molecular flexibility index (Phi) is 8.35. The summed E-state index contributed by atoms with van der Waals surface area (Å²) in [7, 11) is 0. The van der Waals surface area contributed by atoms with Crippen molar-refractivity contribution >= 4 is 17.8 Å². The highest BCUT2D eigenvalue weighted by Crippen LogP contribution is 2.21. The Hall–Kier alpha value is -3.20. The highest BCUT2D eigenvalue weighted by atomic mass is 16.5. The van der Waals surface area contributed by atoms with E-state index >= 15 is 0 Å².